The zero-order chi connectivity index (χ0) is 28.4. The highest BCUT2D eigenvalue weighted by molar-refractivity contribution is 6.04. The number of rotatable bonds is 11. The van der Waals surface area contributed by atoms with E-state index in [-0.39, 0.29) is 29.7 Å². The number of ketones is 1. The molecule has 0 N–H and O–H groups in total. The van der Waals surface area contributed by atoms with Crippen LogP contribution in [0.25, 0.3) is 0 Å². The lowest BCUT2D eigenvalue weighted by Crippen LogP contribution is -2.54. The Morgan fingerprint density at radius 3 is 2.54 bits per heavy atom. The fourth-order valence-electron chi connectivity index (χ4n) is 7.38. The SMILES string of the molecule is C=C(C)[C@H](OCOC)[C@@H](CC1=C2CC[C@H]3CO[C@H](OC)[C@]3(C)[C@@]2(C)CC/C1=N\N(C)C)C(=O)c1ccccc1. The summed E-state index contributed by atoms with van der Waals surface area (Å²) in [5.41, 5.74) is 4.80. The minimum absolute atomic E-state index is 0.0446. The number of Topliss-reactive ketones (excluding diaryl/α,β-unsaturated/α-hetero) is 1. The molecule has 1 heterocycles. The molecule has 1 aliphatic heterocycles. The summed E-state index contributed by atoms with van der Waals surface area (Å²) in [6.45, 7) is 11.7. The van der Waals surface area contributed by atoms with Crippen molar-refractivity contribution in [1.82, 2.24) is 5.01 Å². The van der Waals surface area contributed by atoms with Crippen LogP contribution in [0.2, 0.25) is 0 Å². The highest BCUT2D eigenvalue weighted by atomic mass is 16.7. The fraction of sp³-hybridized carbons (Fsp3) is 0.625. The predicted molar refractivity (Wildman–Crippen MR) is 154 cm³/mol. The topological polar surface area (TPSA) is 69.6 Å². The number of hydrazone groups is 1. The van der Waals surface area contributed by atoms with Gasteiger partial charge in [0.05, 0.1) is 24.3 Å². The number of hydrogen-bond donors (Lipinski definition) is 0. The standard InChI is InChI=1S/C32H46N2O5/c1-21(2)29(39-20-36-7)25(28(35)22-12-10-9-11-13-22)18-24-26-15-14-23-19-38-30(37-8)32(23,4)31(26,3)17-16-27(24)33-34(5)6/h9-13,23,25,29-30H,1,14-20H2,2-8H3/b33-27+/t23-,25-,29-,30-,31-,32+/m0/s1. The summed E-state index contributed by atoms with van der Waals surface area (Å²) in [7, 11) is 7.26. The number of methoxy groups -OCH3 is 2. The van der Waals surface area contributed by atoms with Crippen LogP contribution in [-0.4, -0.2) is 70.6 Å². The van der Waals surface area contributed by atoms with Crippen LogP contribution in [0.3, 0.4) is 0 Å². The number of carbonyl (C=O) groups excluding carboxylic acids is 1. The normalized spacial score (nSPS) is 31.0. The maximum atomic E-state index is 14.2. The Bertz CT molecular complexity index is 1100. The summed E-state index contributed by atoms with van der Waals surface area (Å²) in [4.78, 5) is 14.2. The summed E-state index contributed by atoms with van der Waals surface area (Å²) >= 11 is 0. The smallest absolute Gasteiger partial charge is 0.169 e. The molecule has 1 aromatic rings. The van der Waals surface area contributed by atoms with Crippen LogP contribution in [0.1, 0.15) is 63.2 Å². The van der Waals surface area contributed by atoms with Crippen molar-refractivity contribution >= 4 is 11.5 Å². The quantitative estimate of drug-likeness (QED) is 0.152. The summed E-state index contributed by atoms with van der Waals surface area (Å²) in [6, 6.07) is 9.49. The zero-order valence-electron chi connectivity index (χ0n) is 24.8. The van der Waals surface area contributed by atoms with Gasteiger partial charge in [-0.1, -0.05) is 61.9 Å². The molecule has 0 aromatic heterocycles. The Hall–Kier alpha value is -2.32. The lowest BCUT2D eigenvalue weighted by atomic mass is 9.47. The lowest BCUT2D eigenvalue weighted by molar-refractivity contribution is -0.174. The van der Waals surface area contributed by atoms with E-state index in [0.29, 0.717) is 17.9 Å². The molecule has 4 rings (SSSR count). The molecule has 6 atom stereocenters. The Morgan fingerprint density at radius 1 is 1.21 bits per heavy atom. The molecule has 1 saturated carbocycles. The second-order valence-corrected chi connectivity index (χ2v) is 12.0. The summed E-state index contributed by atoms with van der Waals surface area (Å²) in [6.07, 6.45) is 3.55. The van der Waals surface area contributed by atoms with Crippen LogP contribution >= 0.6 is 0 Å². The first-order valence-corrected chi connectivity index (χ1v) is 14.1. The first-order chi connectivity index (χ1) is 18.6. The van der Waals surface area contributed by atoms with Gasteiger partial charge in [-0.05, 0) is 55.9 Å². The molecule has 0 amide bonds. The molecule has 0 spiro atoms. The summed E-state index contributed by atoms with van der Waals surface area (Å²) in [5.74, 6) is 0.00345. The minimum Gasteiger partial charge on any atom is -0.359 e. The molecule has 214 valence electrons. The number of benzene rings is 1. The Labute approximate surface area is 234 Å². The average molecular weight is 539 g/mol. The molecule has 7 heteroatoms. The molecule has 0 bridgehead atoms. The van der Waals surface area contributed by atoms with Crippen LogP contribution in [0, 0.1) is 22.7 Å². The Balaban J connectivity index is 1.87. The van der Waals surface area contributed by atoms with E-state index in [4.69, 9.17) is 24.0 Å². The van der Waals surface area contributed by atoms with Crippen LogP contribution in [0.4, 0.5) is 0 Å². The van der Waals surface area contributed by atoms with Crippen molar-refractivity contribution in [2.24, 2.45) is 27.8 Å². The van der Waals surface area contributed by atoms with E-state index in [1.807, 2.05) is 56.4 Å². The van der Waals surface area contributed by atoms with Crippen LogP contribution in [0.15, 0.2) is 58.7 Å². The highest BCUT2D eigenvalue weighted by Gasteiger charge is 2.63. The molecule has 39 heavy (non-hydrogen) atoms. The van der Waals surface area contributed by atoms with E-state index in [2.05, 4.69) is 20.4 Å². The first kappa shape index (κ1) is 29.7. The minimum atomic E-state index is -0.493. The van der Waals surface area contributed by atoms with Gasteiger partial charge in [-0.3, -0.25) is 4.79 Å². The van der Waals surface area contributed by atoms with Crippen LogP contribution in [0.5, 0.6) is 0 Å². The van der Waals surface area contributed by atoms with Crippen molar-refractivity contribution in [3.05, 3.63) is 59.2 Å². The maximum absolute atomic E-state index is 14.2. The lowest BCUT2D eigenvalue weighted by Gasteiger charge is -2.56. The van der Waals surface area contributed by atoms with Crippen molar-refractivity contribution in [3.63, 3.8) is 0 Å². The van der Waals surface area contributed by atoms with Crippen molar-refractivity contribution in [1.29, 1.82) is 0 Å². The number of nitrogens with zero attached hydrogens (tertiary/aromatic N) is 2. The molecule has 0 radical (unpaired) electrons. The van der Waals surface area contributed by atoms with Crippen LogP contribution < -0.4 is 0 Å². The molecule has 7 nitrogen and oxygen atoms in total. The maximum Gasteiger partial charge on any atom is 0.169 e. The highest BCUT2D eigenvalue weighted by Crippen LogP contribution is 2.65. The molecule has 1 saturated heterocycles. The molecular formula is C32H46N2O5. The van der Waals surface area contributed by atoms with Gasteiger partial charge in [0.1, 0.15) is 6.79 Å². The van der Waals surface area contributed by atoms with Gasteiger partial charge in [-0.15, -0.1) is 0 Å². The summed E-state index contributed by atoms with van der Waals surface area (Å²) < 4.78 is 23.5. The van der Waals surface area contributed by atoms with E-state index in [0.717, 1.165) is 43.6 Å². The second-order valence-electron chi connectivity index (χ2n) is 12.0. The zero-order valence-corrected chi connectivity index (χ0v) is 24.8. The average Bonchev–Trinajstić information content (AvgIpc) is 3.26. The van der Waals surface area contributed by atoms with Gasteiger partial charge >= 0.3 is 0 Å². The molecule has 3 aliphatic rings. The number of hydrogen-bond acceptors (Lipinski definition) is 7. The van der Waals surface area contributed by atoms with Crippen molar-refractivity contribution in [3.8, 4) is 0 Å². The van der Waals surface area contributed by atoms with Crippen molar-refractivity contribution in [2.75, 3.05) is 41.7 Å². The monoisotopic (exact) mass is 538 g/mol. The third-order valence-electron chi connectivity index (χ3n) is 9.53. The number of carbonyl (C=O) groups is 1. The van der Waals surface area contributed by atoms with Crippen molar-refractivity contribution < 1.29 is 23.7 Å². The van der Waals surface area contributed by atoms with Gasteiger partial charge in [-0.25, -0.2) is 0 Å². The number of ether oxygens (including phenoxy) is 4. The number of fused-ring (bicyclic) bond motifs is 3. The van der Waals surface area contributed by atoms with E-state index < -0.39 is 12.0 Å². The van der Waals surface area contributed by atoms with Crippen molar-refractivity contribution in [2.45, 2.75) is 65.3 Å². The van der Waals surface area contributed by atoms with Crippen LogP contribution in [-0.2, 0) is 18.9 Å². The van der Waals surface area contributed by atoms with Gasteiger partial charge in [0.2, 0.25) is 0 Å². The second kappa shape index (κ2) is 12.0. The third kappa shape index (κ3) is 5.39. The summed E-state index contributed by atoms with van der Waals surface area (Å²) in [5, 5.41) is 6.84. The van der Waals surface area contributed by atoms with E-state index in [9.17, 15) is 4.79 Å². The molecule has 2 aliphatic carbocycles. The van der Waals surface area contributed by atoms with Gasteiger partial charge in [0, 0.05) is 39.3 Å². The number of allylic oxidation sites excluding steroid dienone is 2. The Morgan fingerprint density at radius 2 is 1.92 bits per heavy atom. The van der Waals surface area contributed by atoms with E-state index in [1.165, 1.54) is 11.1 Å². The Kier molecular flexibility index (Phi) is 9.16. The van der Waals surface area contributed by atoms with E-state index in [1.54, 1.807) is 14.2 Å². The van der Waals surface area contributed by atoms with Gasteiger partial charge in [0.25, 0.3) is 0 Å². The van der Waals surface area contributed by atoms with Gasteiger partial charge in [0.15, 0.2) is 12.1 Å². The molecule has 1 aromatic carbocycles. The predicted octanol–water partition coefficient (Wildman–Crippen LogP) is 5.87. The first-order valence-electron chi connectivity index (χ1n) is 14.1. The van der Waals surface area contributed by atoms with Gasteiger partial charge < -0.3 is 24.0 Å². The van der Waals surface area contributed by atoms with Gasteiger partial charge in [-0.2, -0.15) is 5.10 Å². The molecular weight excluding hydrogens is 492 g/mol. The largest absolute Gasteiger partial charge is 0.359 e. The third-order valence-corrected chi connectivity index (χ3v) is 9.53. The molecule has 0 unspecified atom stereocenters. The molecule has 2 fully saturated rings. The fourth-order valence-corrected chi connectivity index (χ4v) is 7.38. The van der Waals surface area contributed by atoms with E-state index >= 15 is 0 Å².